The number of aryl methyl sites for hydroxylation is 1. The molecular weight excluding hydrogens is 1580 g/mol. The number of anilines is 1. The molecule has 0 spiro atoms. The number of rotatable bonds is 27. The van der Waals surface area contributed by atoms with Crippen molar-refractivity contribution in [2.45, 2.75) is 205 Å². The van der Waals surface area contributed by atoms with E-state index in [1.807, 2.05) is 48.5 Å². The number of aliphatic hydroxyl groups is 1. The summed E-state index contributed by atoms with van der Waals surface area (Å²) in [5, 5.41) is 25.4. The van der Waals surface area contributed by atoms with E-state index in [2.05, 4.69) is 26.6 Å². The lowest BCUT2D eigenvalue weighted by Crippen LogP contribution is -2.67. The van der Waals surface area contributed by atoms with Crippen LogP contribution < -0.4 is 36.9 Å². The molecule has 6 N–H and O–H groups in total. The number of nitrogens with zero attached hydrogens (tertiary/aromatic N) is 2. The molecule has 4 aliphatic heterocycles. The summed E-state index contributed by atoms with van der Waals surface area (Å²) in [4.78, 5) is 206. The van der Waals surface area contributed by atoms with Crippen LogP contribution in [-0.4, -0.2) is 193 Å². The third kappa shape index (κ3) is 18.3. The van der Waals surface area contributed by atoms with E-state index < -0.39 is 213 Å². The van der Waals surface area contributed by atoms with Crippen molar-refractivity contribution in [2.24, 2.45) is 0 Å². The topological polar surface area (TPSA) is 483 Å². The van der Waals surface area contributed by atoms with E-state index in [1.54, 1.807) is 13.8 Å². The fourth-order valence-corrected chi connectivity index (χ4v) is 15.8. The van der Waals surface area contributed by atoms with Crippen molar-refractivity contribution in [3.8, 4) is 28.3 Å². The van der Waals surface area contributed by atoms with Crippen LogP contribution in [0.25, 0.3) is 33.4 Å². The minimum Gasteiger partial charge on any atom is -0.467 e. The van der Waals surface area contributed by atoms with Gasteiger partial charge in [-0.15, -0.1) is 0 Å². The number of carbonyl (C=O) groups is 14. The molecule has 636 valence electrons. The molecule has 2 saturated heterocycles. The van der Waals surface area contributed by atoms with Crippen molar-refractivity contribution in [3.63, 3.8) is 0 Å². The number of aromatic nitrogens is 2. The number of pyridine rings is 2. The van der Waals surface area contributed by atoms with Crippen LogP contribution in [0.5, 0.6) is 5.75 Å². The SMILES string of the molecule is CC[C@@]1(O)C(=O)OCc2c1cc1n(c2=O)Cc2c-1nc1cc(F)c(C)c3c1c2[C@@H](NC(=O)OCc1ccc(O[C@@H]2O[C@H](C(=O)OC)[C@@H](OC(C)=O)[C@H](OC(C)=O)[C@H]2OC(C)=O)c(NC(=O)CCNC(=O)[C@H](CCCC(=O)N[C@H]2O[C@H](C(=O)OC)[C@@H](OC(C)=O)[C@H](OC(C)=O)[C@H]2OC(C)=O)NC(=O)OCC2c4ccccc4-c4ccccc42)c1)CC3. The normalized spacial score (nSPS) is 22.3. The van der Waals surface area contributed by atoms with Gasteiger partial charge in [0.1, 0.15) is 37.4 Å². The van der Waals surface area contributed by atoms with Gasteiger partial charge in [0.2, 0.25) is 30.1 Å². The van der Waals surface area contributed by atoms with Gasteiger partial charge in [-0.3, -0.25) is 47.9 Å². The smallest absolute Gasteiger partial charge is 0.407 e. The van der Waals surface area contributed by atoms with Crippen LogP contribution >= 0.6 is 0 Å². The predicted molar refractivity (Wildman–Crippen MR) is 406 cm³/mol. The number of esters is 9. The largest absolute Gasteiger partial charge is 0.467 e. The summed E-state index contributed by atoms with van der Waals surface area (Å²) in [6.07, 6.45) is -21.7. The minimum absolute atomic E-state index is 0.0434. The first-order valence-electron chi connectivity index (χ1n) is 38.2. The summed E-state index contributed by atoms with van der Waals surface area (Å²) in [5.41, 5.74) is 3.42. The van der Waals surface area contributed by atoms with Crippen LogP contribution in [0.3, 0.4) is 0 Å². The second kappa shape index (κ2) is 36.5. The molecule has 6 aromatic rings. The van der Waals surface area contributed by atoms with Crippen LogP contribution in [0.4, 0.5) is 19.7 Å². The number of halogens is 1. The molecule has 4 aromatic carbocycles. The maximum absolute atomic E-state index is 15.8. The van der Waals surface area contributed by atoms with Crippen LogP contribution in [-0.2, 0) is 151 Å². The quantitative estimate of drug-likeness (QED) is 0.0296. The Hall–Kier alpha value is -13.0. The van der Waals surface area contributed by atoms with Gasteiger partial charge in [0.15, 0.2) is 54.6 Å². The highest BCUT2D eigenvalue weighted by Crippen LogP contribution is 2.48. The lowest BCUT2D eigenvalue weighted by molar-refractivity contribution is -0.282. The number of methoxy groups -OCH3 is 2. The van der Waals surface area contributed by atoms with Crippen LogP contribution in [0.1, 0.15) is 149 Å². The molecular formula is C82H86FN7O30. The number of hydrogen-bond acceptors (Lipinski definition) is 31. The number of fused-ring (bicyclic) bond motifs is 8. The fourth-order valence-electron chi connectivity index (χ4n) is 15.8. The number of cyclic esters (lactones) is 1. The average Bonchev–Trinajstić information content (AvgIpc) is 1.55. The zero-order valence-electron chi connectivity index (χ0n) is 66.6. The van der Waals surface area contributed by atoms with Gasteiger partial charge in [0.05, 0.1) is 55.0 Å². The first-order valence-corrected chi connectivity index (χ1v) is 38.2. The molecule has 0 unspecified atom stereocenters. The third-order valence-electron chi connectivity index (χ3n) is 21.1. The van der Waals surface area contributed by atoms with E-state index >= 15 is 4.39 Å². The van der Waals surface area contributed by atoms with Crippen molar-refractivity contribution < 1.29 is 143 Å². The molecule has 6 heterocycles. The van der Waals surface area contributed by atoms with Crippen molar-refractivity contribution in [1.29, 1.82) is 0 Å². The first kappa shape index (κ1) is 86.4. The Morgan fingerprint density at radius 1 is 0.667 bits per heavy atom. The van der Waals surface area contributed by atoms with E-state index in [4.69, 9.17) is 71.3 Å². The average molecular weight is 1670 g/mol. The standard InChI is InChI=1S/C82H86FN7O30/c1-11-82(106)52-30-58-64-49(32-90(58)75(100)51(52)35-109-79(82)103)63-54(25-24-44-36(2)53(83)31-57(86-64)62(44)63)87-80(104)110-33-43-23-26-59(118-78-72(117-42(8)96)68(115-40(6)94)67(114-39(5)93)71(120-78)77(102)108-10)56(29-43)85-61(98)27-28-84-73(99)55(88-81(105)111-34-50-47-19-14-12-17-45(47)46-18-13-15-20-48(46)50)21-16-22-60(97)89-74-69(116-41(7)95)65(112-37(3)91)66(113-38(4)92)70(119-74)76(101)107-9/h12-15,17-20,23,26,29-31,50,54-55,65-72,74,78,106H,11,16,21-22,24-25,27-28,32-35H2,1-10H3,(H,84,99)(H,85,98)(H,87,104)(H,88,105)(H,89,97)/t54-,55-,65-,66-,67-,68-,69+,70-,71-,72+,74-,78+,82-/m0/s1. The number of amides is 5. The molecule has 2 aliphatic carbocycles. The Morgan fingerprint density at radius 2 is 1.26 bits per heavy atom. The molecule has 0 saturated carbocycles. The summed E-state index contributed by atoms with van der Waals surface area (Å²) < 4.78 is 95.0. The van der Waals surface area contributed by atoms with E-state index in [9.17, 15) is 77.0 Å². The minimum atomic E-state index is -2.16. The fraction of sp³-hybridized carbons (Fsp3) is 0.439. The maximum Gasteiger partial charge on any atom is 0.407 e. The Kier molecular flexibility index (Phi) is 26.3. The Morgan fingerprint density at radius 3 is 1.88 bits per heavy atom. The molecule has 12 rings (SSSR count). The van der Waals surface area contributed by atoms with E-state index in [1.165, 1.54) is 34.9 Å². The van der Waals surface area contributed by atoms with Gasteiger partial charge in [0, 0.05) is 89.4 Å². The van der Waals surface area contributed by atoms with Crippen LogP contribution in [0.15, 0.2) is 83.7 Å². The van der Waals surface area contributed by atoms with Gasteiger partial charge in [-0.2, -0.15) is 0 Å². The van der Waals surface area contributed by atoms with Crippen molar-refractivity contribution in [1.82, 2.24) is 30.8 Å². The molecule has 38 heteroatoms. The van der Waals surface area contributed by atoms with E-state index in [0.29, 0.717) is 27.6 Å². The molecule has 2 fully saturated rings. The summed E-state index contributed by atoms with van der Waals surface area (Å²) in [7, 11) is 1.95. The Bertz CT molecular complexity index is 5180. The summed E-state index contributed by atoms with van der Waals surface area (Å²) in [6, 6.07) is 19.3. The number of ether oxygens (including phenoxy) is 14. The monoisotopic (exact) mass is 1670 g/mol. The zero-order chi connectivity index (χ0) is 86.5. The van der Waals surface area contributed by atoms with Crippen LogP contribution in [0, 0.1) is 12.7 Å². The van der Waals surface area contributed by atoms with Gasteiger partial charge in [-0.1, -0.05) is 61.5 Å². The highest BCUT2D eigenvalue weighted by Gasteiger charge is 2.58. The second-order valence-corrected chi connectivity index (χ2v) is 29.0. The van der Waals surface area contributed by atoms with Gasteiger partial charge < -0.3 is 103 Å². The summed E-state index contributed by atoms with van der Waals surface area (Å²) >= 11 is 0. The second-order valence-electron chi connectivity index (χ2n) is 29.0. The zero-order valence-corrected chi connectivity index (χ0v) is 66.6. The Balaban J connectivity index is 0.799. The van der Waals surface area contributed by atoms with Crippen molar-refractivity contribution in [2.75, 3.05) is 32.7 Å². The first-order chi connectivity index (χ1) is 57.2. The predicted octanol–water partition coefficient (Wildman–Crippen LogP) is 4.84. The van der Waals surface area contributed by atoms with Gasteiger partial charge in [-0.05, 0) is 102 Å². The highest BCUT2D eigenvalue weighted by molar-refractivity contribution is 5.95. The molecule has 120 heavy (non-hydrogen) atoms. The molecule has 0 bridgehead atoms. The summed E-state index contributed by atoms with van der Waals surface area (Å²) in [5.74, 6) is -13.2. The van der Waals surface area contributed by atoms with Crippen molar-refractivity contribution >= 4 is 100 Å². The maximum atomic E-state index is 15.8. The molecule has 0 radical (unpaired) electrons. The third-order valence-corrected chi connectivity index (χ3v) is 21.1. The summed E-state index contributed by atoms with van der Waals surface area (Å²) in [6.45, 7) is 7.28. The highest BCUT2D eigenvalue weighted by atomic mass is 19.1. The number of benzene rings is 4. The van der Waals surface area contributed by atoms with Crippen LogP contribution in [0.2, 0.25) is 0 Å². The number of carbonyl (C=O) groups excluding carboxylic acids is 14. The molecule has 5 amide bonds. The number of nitrogens with one attached hydrogen (secondary N) is 5. The van der Waals surface area contributed by atoms with Gasteiger partial charge in [0.25, 0.3) is 5.56 Å². The van der Waals surface area contributed by atoms with Gasteiger partial charge >= 0.3 is 65.9 Å². The van der Waals surface area contributed by atoms with E-state index in [-0.39, 0.29) is 90.3 Å². The molecule has 6 aliphatic rings. The molecule has 2 aromatic heterocycles. The lowest BCUT2D eigenvalue weighted by atomic mass is 9.81. The molecule has 13 atom stereocenters. The number of alkyl carbamates (subject to hydrolysis) is 2. The lowest BCUT2D eigenvalue weighted by Gasteiger charge is -2.43. The number of hydrogen-bond donors (Lipinski definition) is 6. The van der Waals surface area contributed by atoms with E-state index in [0.717, 1.165) is 78.0 Å². The molecule has 37 nitrogen and oxygen atoms in total. The van der Waals surface area contributed by atoms with Crippen molar-refractivity contribution in [3.05, 3.63) is 145 Å². The Labute approximate surface area is 682 Å². The van der Waals surface area contributed by atoms with Gasteiger partial charge in [-0.25, -0.2) is 33.3 Å².